The van der Waals surface area contributed by atoms with Gasteiger partial charge in [-0.1, -0.05) is 6.07 Å². The quantitative estimate of drug-likeness (QED) is 0.704. The Balaban J connectivity index is 1.47. The number of amides is 2. The standard InChI is InChI=1S/C21H22F2N4O/c1-13-17-7-6-16(11-20(17)25-26(13)2)24-21(28)27-9-3-4-15(12-27)14-5-8-18(22)19(23)10-14/h5-8,10-11,15H,3-4,9,12H2,1-2H3,(H,24,28). The van der Waals surface area contributed by atoms with Gasteiger partial charge in [-0.15, -0.1) is 0 Å². The Morgan fingerprint density at radius 1 is 1.18 bits per heavy atom. The molecule has 2 aromatic carbocycles. The molecule has 7 heteroatoms. The van der Waals surface area contributed by atoms with Crippen molar-refractivity contribution in [2.45, 2.75) is 25.7 Å². The molecule has 1 saturated heterocycles. The molecule has 1 fully saturated rings. The molecule has 2 heterocycles. The van der Waals surface area contributed by atoms with E-state index in [0.29, 0.717) is 18.8 Å². The van der Waals surface area contributed by atoms with Crippen LogP contribution in [0.25, 0.3) is 10.9 Å². The minimum Gasteiger partial charge on any atom is -0.324 e. The Hall–Kier alpha value is -2.96. The number of nitrogens with one attached hydrogen (secondary N) is 1. The first-order valence-electron chi connectivity index (χ1n) is 9.36. The molecule has 0 aliphatic carbocycles. The van der Waals surface area contributed by atoms with E-state index in [2.05, 4.69) is 10.4 Å². The van der Waals surface area contributed by atoms with Crippen molar-refractivity contribution in [2.24, 2.45) is 7.05 Å². The van der Waals surface area contributed by atoms with Gasteiger partial charge in [0.2, 0.25) is 0 Å². The van der Waals surface area contributed by atoms with Gasteiger partial charge in [-0.05, 0) is 55.7 Å². The van der Waals surface area contributed by atoms with E-state index >= 15 is 0 Å². The SMILES string of the molecule is Cc1c2ccc(NC(=O)N3CCCC(c4ccc(F)c(F)c4)C3)cc2nn1C. The lowest BCUT2D eigenvalue weighted by atomic mass is 9.90. The number of fused-ring (bicyclic) bond motifs is 1. The predicted molar refractivity (Wildman–Crippen MR) is 104 cm³/mol. The maximum Gasteiger partial charge on any atom is 0.321 e. The highest BCUT2D eigenvalue weighted by Crippen LogP contribution is 2.28. The van der Waals surface area contributed by atoms with E-state index in [0.717, 1.165) is 41.1 Å². The molecule has 3 aromatic rings. The summed E-state index contributed by atoms with van der Waals surface area (Å²) >= 11 is 0. The van der Waals surface area contributed by atoms with Crippen LogP contribution in [0.4, 0.5) is 19.3 Å². The van der Waals surface area contributed by atoms with Gasteiger partial charge in [0.1, 0.15) is 0 Å². The molecule has 1 aromatic heterocycles. The lowest BCUT2D eigenvalue weighted by molar-refractivity contribution is 0.192. The molecule has 28 heavy (non-hydrogen) atoms. The summed E-state index contributed by atoms with van der Waals surface area (Å²) in [6, 6.07) is 9.46. The minimum atomic E-state index is -0.852. The number of aromatic nitrogens is 2. The Kier molecular flexibility index (Phi) is 4.75. The van der Waals surface area contributed by atoms with Crippen LogP contribution in [0.5, 0.6) is 0 Å². The zero-order valence-corrected chi connectivity index (χ0v) is 15.9. The second kappa shape index (κ2) is 7.22. The van der Waals surface area contributed by atoms with Crippen LogP contribution in [0.2, 0.25) is 0 Å². The molecule has 146 valence electrons. The Labute approximate surface area is 161 Å². The smallest absolute Gasteiger partial charge is 0.321 e. The van der Waals surface area contributed by atoms with Crippen molar-refractivity contribution < 1.29 is 13.6 Å². The molecule has 1 aliphatic rings. The second-order valence-electron chi connectivity index (χ2n) is 7.33. The number of aryl methyl sites for hydroxylation is 2. The van der Waals surface area contributed by atoms with E-state index in [1.54, 1.807) is 11.0 Å². The third-order valence-electron chi connectivity index (χ3n) is 5.51. The summed E-state index contributed by atoms with van der Waals surface area (Å²) in [4.78, 5) is 14.5. The first-order chi connectivity index (χ1) is 13.4. The molecule has 5 nitrogen and oxygen atoms in total. The van der Waals surface area contributed by atoms with Crippen LogP contribution in [0.1, 0.15) is 30.0 Å². The zero-order valence-electron chi connectivity index (χ0n) is 15.9. The number of hydrogen-bond acceptors (Lipinski definition) is 2. The average molecular weight is 384 g/mol. The highest BCUT2D eigenvalue weighted by Gasteiger charge is 2.25. The average Bonchev–Trinajstić information content (AvgIpc) is 2.97. The predicted octanol–water partition coefficient (Wildman–Crippen LogP) is 4.57. The summed E-state index contributed by atoms with van der Waals surface area (Å²) in [6.45, 7) is 3.11. The van der Waals surface area contributed by atoms with Crippen LogP contribution in [-0.2, 0) is 7.05 Å². The minimum absolute atomic E-state index is 0.00415. The normalized spacial score (nSPS) is 17.1. The maximum atomic E-state index is 13.6. The fourth-order valence-corrected chi connectivity index (χ4v) is 3.81. The molecule has 1 aliphatic heterocycles. The van der Waals surface area contributed by atoms with Gasteiger partial charge in [0, 0.05) is 42.8 Å². The van der Waals surface area contributed by atoms with E-state index in [9.17, 15) is 13.6 Å². The van der Waals surface area contributed by atoms with Gasteiger partial charge in [-0.2, -0.15) is 5.10 Å². The molecule has 0 radical (unpaired) electrons. The molecule has 1 N–H and O–H groups in total. The maximum absolute atomic E-state index is 13.6. The van der Waals surface area contributed by atoms with E-state index in [1.165, 1.54) is 6.07 Å². The number of carbonyl (C=O) groups excluding carboxylic acids is 1. The zero-order chi connectivity index (χ0) is 19.8. The topological polar surface area (TPSA) is 50.2 Å². The van der Waals surface area contributed by atoms with Gasteiger partial charge >= 0.3 is 6.03 Å². The molecule has 4 rings (SSSR count). The van der Waals surface area contributed by atoms with Crippen LogP contribution >= 0.6 is 0 Å². The highest BCUT2D eigenvalue weighted by molar-refractivity contribution is 5.93. The molecular weight excluding hydrogens is 362 g/mol. The summed E-state index contributed by atoms with van der Waals surface area (Å²) in [7, 11) is 1.89. The van der Waals surface area contributed by atoms with Crippen LogP contribution in [0.15, 0.2) is 36.4 Å². The van der Waals surface area contributed by atoms with Crippen LogP contribution < -0.4 is 5.32 Å². The van der Waals surface area contributed by atoms with Crippen molar-refractivity contribution in [3.05, 3.63) is 59.3 Å². The van der Waals surface area contributed by atoms with Gasteiger partial charge in [0.05, 0.1) is 5.52 Å². The van der Waals surface area contributed by atoms with E-state index < -0.39 is 11.6 Å². The number of nitrogens with zero attached hydrogens (tertiary/aromatic N) is 3. The van der Waals surface area contributed by atoms with Crippen LogP contribution in [0.3, 0.4) is 0 Å². The van der Waals surface area contributed by atoms with E-state index in [1.807, 2.05) is 36.9 Å². The third-order valence-corrected chi connectivity index (χ3v) is 5.51. The van der Waals surface area contributed by atoms with E-state index in [-0.39, 0.29) is 11.9 Å². The fraction of sp³-hybridized carbons (Fsp3) is 0.333. The van der Waals surface area contributed by atoms with Crippen molar-refractivity contribution in [3.63, 3.8) is 0 Å². The van der Waals surface area contributed by atoms with Gasteiger partial charge in [-0.25, -0.2) is 13.6 Å². The number of urea groups is 1. The first-order valence-corrected chi connectivity index (χ1v) is 9.36. The number of likely N-dealkylation sites (tertiary alicyclic amines) is 1. The molecule has 0 spiro atoms. The second-order valence-corrected chi connectivity index (χ2v) is 7.33. The summed E-state index contributed by atoms with van der Waals surface area (Å²) < 4.78 is 28.6. The third kappa shape index (κ3) is 3.44. The molecule has 1 atom stereocenters. The van der Waals surface area contributed by atoms with Crippen LogP contribution in [-0.4, -0.2) is 33.8 Å². The van der Waals surface area contributed by atoms with Crippen molar-refractivity contribution in [1.82, 2.24) is 14.7 Å². The monoisotopic (exact) mass is 384 g/mol. The number of rotatable bonds is 2. The number of piperidine rings is 1. The van der Waals surface area contributed by atoms with Gasteiger partial charge in [-0.3, -0.25) is 4.68 Å². The number of benzene rings is 2. The van der Waals surface area contributed by atoms with Crippen molar-refractivity contribution in [1.29, 1.82) is 0 Å². The van der Waals surface area contributed by atoms with Gasteiger partial charge < -0.3 is 10.2 Å². The molecule has 2 amide bonds. The van der Waals surface area contributed by atoms with Crippen molar-refractivity contribution >= 4 is 22.6 Å². The Morgan fingerprint density at radius 2 is 2.00 bits per heavy atom. The van der Waals surface area contributed by atoms with Crippen molar-refractivity contribution in [3.8, 4) is 0 Å². The lowest BCUT2D eigenvalue weighted by Gasteiger charge is -2.33. The van der Waals surface area contributed by atoms with Gasteiger partial charge in [0.15, 0.2) is 11.6 Å². The van der Waals surface area contributed by atoms with E-state index in [4.69, 9.17) is 0 Å². The first kappa shape index (κ1) is 18.4. The molecule has 1 unspecified atom stereocenters. The summed E-state index contributed by atoms with van der Waals surface area (Å²) in [5, 5.41) is 8.43. The largest absolute Gasteiger partial charge is 0.324 e. The molecule has 0 bridgehead atoms. The summed E-state index contributed by atoms with van der Waals surface area (Å²) in [5.74, 6) is -1.71. The van der Waals surface area contributed by atoms with Crippen molar-refractivity contribution in [2.75, 3.05) is 18.4 Å². The Morgan fingerprint density at radius 3 is 2.79 bits per heavy atom. The summed E-state index contributed by atoms with van der Waals surface area (Å²) in [6.07, 6.45) is 1.66. The molecule has 0 saturated carbocycles. The number of anilines is 1. The fourth-order valence-electron chi connectivity index (χ4n) is 3.81. The molecular formula is C21H22F2N4O. The Bertz CT molecular complexity index is 1050. The van der Waals surface area contributed by atoms with Gasteiger partial charge in [0.25, 0.3) is 0 Å². The highest BCUT2D eigenvalue weighted by atomic mass is 19.2. The lowest BCUT2D eigenvalue weighted by Crippen LogP contribution is -2.41. The summed E-state index contributed by atoms with van der Waals surface area (Å²) in [5.41, 5.74) is 3.31. The van der Waals surface area contributed by atoms with Crippen LogP contribution in [0, 0.1) is 18.6 Å². The number of halogens is 2. The number of carbonyl (C=O) groups is 1. The number of hydrogen-bond donors (Lipinski definition) is 1.